The molecule has 1 aromatic carbocycles. The van der Waals surface area contributed by atoms with Crippen LogP contribution in [0.1, 0.15) is 17.2 Å². The van der Waals surface area contributed by atoms with Gasteiger partial charge < -0.3 is 10.1 Å². The molecule has 0 radical (unpaired) electrons. The lowest BCUT2D eigenvalue weighted by atomic mass is 10.0. The van der Waals surface area contributed by atoms with Gasteiger partial charge in [0.2, 0.25) is 0 Å². The number of morpholine rings is 1. The van der Waals surface area contributed by atoms with Gasteiger partial charge in [0.25, 0.3) is 5.69 Å². The molecule has 1 fully saturated rings. The van der Waals surface area contributed by atoms with E-state index in [2.05, 4.69) is 5.32 Å². The number of rotatable bonds is 2. The standard InChI is InChI=1S/C11H14N2O3/c1-8-3-2-4-9(11(8)13(14)15)10-7-16-6-5-12-10/h2-4,10,12H,5-7H2,1H3. The van der Waals surface area contributed by atoms with Crippen molar-refractivity contribution in [2.45, 2.75) is 13.0 Å². The Balaban J connectivity index is 2.38. The number of hydrogen-bond acceptors (Lipinski definition) is 4. The molecule has 0 aromatic heterocycles. The van der Waals surface area contributed by atoms with Gasteiger partial charge in [-0.2, -0.15) is 0 Å². The molecule has 1 atom stereocenters. The third-order valence-electron chi connectivity index (χ3n) is 2.75. The molecule has 0 amide bonds. The van der Waals surface area contributed by atoms with Crippen molar-refractivity contribution in [1.29, 1.82) is 0 Å². The fraction of sp³-hybridized carbons (Fsp3) is 0.455. The van der Waals surface area contributed by atoms with E-state index >= 15 is 0 Å². The maximum atomic E-state index is 11.0. The van der Waals surface area contributed by atoms with Crippen LogP contribution < -0.4 is 5.32 Å². The monoisotopic (exact) mass is 222 g/mol. The van der Waals surface area contributed by atoms with E-state index in [0.29, 0.717) is 24.3 Å². The maximum absolute atomic E-state index is 11.0. The molecule has 0 aliphatic carbocycles. The van der Waals surface area contributed by atoms with E-state index in [0.717, 1.165) is 6.54 Å². The maximum Gasteiger partial charge on any atom is 0.277 e. The van der Waals surface area contributed by atoms with Crippen LogP contribution in [0.4, 0.5) is 5.69 Å². The predicted molar refractivity (Wildman–Crippen MR) is 59.4 cm³/mol. The van der Waals surface area contributed by atoms with Crippen molar-refractivity contribution in [3.63, 3.8) is 0 Å². The number of nitro benzene ring substituents is 1. The molecule has 16 heavy (non-hydrogen) atoms. The number of ether oxygens (including phenoxy) is 1. The Kier molecular flexibility index (Phi) is 3.17. The minimum absolute atomic E-state index is 0.0750. The number of nitrogens with zero attached hydrogens (tertiary/aromatic N) is 1. The molecule has 0 saturated carbocycles. The highest BCUT2D eigenvalue weighted by Gasteiger charge is 2.25. The molecule has 5 heteroatoms. The Morgan fingerprint density at radius 2 is 2.38 bits per heavy atom. The highest BCUT2D eigenvalue weighted by molar-refractivity contribution is 5.48. The number of nitrogens with one attached hydrogen (secondary N) is 1. The normalized spacial score (nSPS) is 20.7. The van der Waals surface area contributed by atoms with Crippen molar-refractivity contribution in [3.05, 3.63) is 39.4 Å². The Morgan fingerprint density at radius 1 is 1.56 bits per heavy atom. The van der Waals surface area contributed by atoms with Crippen molar-refractivity contribution in [2.75, 3.05) is 19.8 Å². The van der Waals surface area contributed by atoms with Gasteiger partial charge in [-0.1, -0.05) is 18.2 Å². The number of hydrogen-bond donors (Lipinski definition) is 1. The molecule has 1 saturated heterocycles. The summed E-state index contributed by atoms with van der Waals surface area (Å²) in [6.45, 7) is 3.64. The van der Waals surface area contributed by atoms with Crippen molar-refractivity contribution in [2.24, 2.45) is 0 Å². The Labute approximate surface area is 93.6 Å². The minimum atomic E-state index is -0.318. The molecule has 0 spiro atoms. The molecule has 1 aliphatic rings. The summed E-state index contributed by atoms with van der Waals surface area (Å²) < 4.78 is 5.33. The summed E-state index contributed by atoms with van der Waals surface area (Å²) in [5, 5.41) is 14.3. The lowest BCUT2D eigenvalue weighted by Gasteiger charge is -2.24. The van der Waals surface area contributed by atoms with Gasteiger partial charge >= 0.3 is 0 Å². The minimum Gasteiger partial charge on any atom is -0.378 e. The van der Waals surface area contributed by atoms with Crippen LogP contribution in [0, 0.1) is 17.0 Å². The summed E-state index contributed by atoms with van der Waals surface area (Å²) in [5.41, 5.74) is 1.60. The highest BCUT2D eigenvalue weighted by atomic mass is 16.6. The van der Waals surface area contributed by atoms with Crippen LogP contribution in [-0.4, -0.2) is 24.7 Å². The van der Waals surface area contributed by atoms with Crippen LogP contribution in [-0.2, 0) is 4.74 Å². The number of para-hydroxylation sites is 1. The summed E-state index contributed by atoms with van der Waals surface area (Å²) in [6, 6.07) is 5.31. The van der Waals surface area contributed by atoms with Gasteiger partial charge in [0.1, 0.15) is 0 Å². The predicted octanol–water partition coefficient (Wildman–Crippen LogP) is 1.56. The molecular weight excluding hydrogens is 208 g/mol. The van der Waals surface area contributed by atoms with E-state index in [1.54, 1.807) is 19.1 Å². The van der Waals surface area contributed by atoms with Crippen LogP contribution >= 0.6 is 0 Å². The van der Waals surface area contributed by atoms with Gasteiger partial charge in [-0.15, -0.1) is 0 Å². The van der Waals surface area contributed by atoms with E-state index in [1.807, 2.05) is 6.07 Å². The molecule has 1 aromatic rings. The zero-order valence-corrected chi connectivity index (χ0v) is 9.10. The largest absolute Gasteiger partial charge is 0.378 e. The van der Waals surface area contributed by atoms with Gasteiger partial charge in [0.05, 0.1) is 24.2 Å². The van der Waals surface area contributed by atoms with E-state index in [4.69, 9.17) is 4.74 Å². The fourth-order valence-corrected chi connectivity index (χ4v) is 1.98. The van der Waals surface area contributed by atoms with Gasteiger partial charge in [-0.3, -0.25) is 10.1 Å². The van der Waals surface area contributed by atoms with Gasteiger partial charge in [0.15, 0.2) is 0 Å². The molecule has 5 nitrogen and oxygen atoms in total. The zero-order chi connectivity index (χ0) is 11.5. The van der Waals surface area contributed by atoms with Crippen LogP contribution in [0.3, 0.4) is 0 Å². The van der Waals surface area contributed by atoms with Crippen molar-refractivity contribution in [3.8, 4) is 0 Å². The number of benzene rings is 1. The molecule has 1 aliphatic heterocycles. The van der Waals surface area contributed by atoms with Gasteiger partial charge in [0, 0.05) is 17.7 Å². The van der Waals surface area contributed by atoms with Crippen LogP contribution in [0.15, 0.2) is 18.2 Å². The summed E-state index contributed by atoms with van der Waals surface area (Å²) in [4.78, 5) is 10.7. The quantitative estimate of drug-likeness (QED) is 0.609. The zero-order valence-electron chi connectivity index (χ0n) is 9.10. The first-order valence-corrected chi connectivity index (χ1v) is 5.25. The fourth-order valence-electron chi connectivity index (χ4n) is 1.98. The summed E-state index contributed by atoms with van der Waals surface area (Å²) in [5.74, 6) is 0. The van der Waals surface area contributed by atoms with Crippen LogP contribution in [0.2, 0.25) is 0 Å². The lowest BCUT2D eigenvalue weighted by molar-refractivity contribution is -0.386. The van der Waals surface area contributed by atoms with Crippen molar-refractivity contribution < 1.29 is 9.66 Å². The smallest absolute Gasteiger partial charge is 0.277 e. The molecule has 1 unspecified atom stereocenters. The Bertz CT molecular complexity index is 400. The van der Waals surface area contributed by atoms with Crippen molar-refractivity contribution in [1.82, 2.24) is 5.32 Å². The highest BCUT2D eigenvalue weighted by Crippen LogP contribution is 2.29. The molecule has 2 rings (SSSR count). The lowest BCUT2D eigenvalue weighted by Crippen LogP contribution is -2.35. The average molecular weight is 222 g/mol. The van der Waals surface area contributed by atoms with E-state index < -0.39 is 0 Å². The van der Waals surface area contributed by atoms with E-state index in [-0.39, 0.29) is 16.7 Å². The Hall–Kier alpha value is -1.46. The Morgan fingerprint density at radius 3 is 3.00 bits per heavy atom. The van der Waals surface area contributed by atoms with Crippen molar-refractivity contribution >= 4 is 5.69 Å². The summed E-state index contributed by atoms with van der Waals surface area (Å²) in [6.07, 6.45) is 0. The first-order valence-electron chi connectivity index (χ1n) is 5.25. The second-order valence-corrected chi connectivity index (χ2v) is 3.85. The van der Waals surface area contributed by atoms with Crippen LogP contribution in [0.25, 0.3) is 0 Å². The second kappa shape index (κ2) is 4.59. The molecular formula is C11H14N2O3. The first-order chi connectivity index (χ1) is 7.70. The third-order valence-corrected chi connectivity index (χ3v) is 2.75. The molecule has 1 heterocycles. The SMILES string of the molecule is Cc1cccc(C2COCCN2)c1[N+](=O)[O-]. The average Bonchev–Trinajstić information content (AvgIpc) is 2.29. The molecule has 86 valence electrons. The third kappa shape index (κ3) is 2.05. The van der Waals surface area contributed by atoms with Crippen LogP contribution in [0.5, 0.6) is 0 Å². The van der Waals surface area contributed by atoms with E-state index in [1.165, 1.54) is 0 Å². The topological polar surface area (TPSA) is 64.4 Å². The number of aryl methyl sites for hydroxylation is 1. The molecule has 1 N–H and O–H groups in total. The summed E-state index contributed by atoms with van der Waals surface area (Å²) >= 11 is 0. The van der Waals surface area contributed by atoms with Gasteiger partial charge in [-0.05, 0) is 6.92 Å². The van der Waals surface area contributed by atoms with Gasteiger partial charge in [-0.25, -0.2) is 0 Å². The second-order valence-electron chi connectivity index (χ2n) is 3.85. The molecule has 0 bridgehead atoms. The number of nitro groups is 1. The summed E-state index contributed by atoms with van der Waals surface area (Å²) in [7, 11) is 0. The van der Waals surface area contributed by atoms with E-state index in [9.17, 15) is 10.1 Å². The first kappa shape index (κ1) is 11.0.